The van der Waals surface area contributed by atoms with Gasteiger partial charge in [0, 0.05) is 45.9 Å². The minimum atomic E-state index is -3.41. The van der Waals surface area contributed by atoms with E-state index in [1.54, 1.807) is 6.20 Å². The summed E-state index contributed by atoms with van der Waals surface area (Å²) in [4.78, 5) is 8.56. The normalized spacial score (nSPS) is 15.8. The molecule has 0 saturated heterocycles. The summed E-state index contributed by atoms with van der Waals surface area (Å²) in [6.07, 6.45) is 5.61. The van der Waals surface area contributed by atoms with Crippen molar-refractivity contribution >= 4 is 10.2 Å². The second-order valence-electron chi connectivity index (χ2n) is 5.71. The zero-order valence-corrected chi connectivity index (χ0v) is 14.1. The summed E-state index contributed by atoms with van der Waals surface area (Å²) < 4.78 is 32.8. The minimum Gasteiger partial charge on any atom is -0.445 e. The number of nitrogens with zero attached hydrogens (tertiary/aromatic N) is 4. The highest BCUT2D eigenvalue weighted by Gasteiger charge is 2.31. The maximum Gasteiger partial charge on any atom is 0.281 e. The summed E-state index contributed by atoms with van der Waals surface area (Å²) in [5, 5.41) is 0. The molecule has 23 heavy (non-hydrogen) atoms. The highest BCUT2D eigenvalue weighted by Crippen LogP contribution is 2.23. The number of hydrogen-bond donors (Lipinski definition) is 0. The number of aryl methyl sites for hydroxylation is 2. The Morgan fingerprint density at radius 1 is 1.35 bits per heavy atom. The maximum absolute atomic E-state index is 12.2. The van der Waals surface area contributed by atoms with Gasteiger partial charge in [-0.15, -0.1) is 0 Å². The average Bonchev–Trinajstić information content (AvgIpc) is 2.95. The fourth-order valence-electron chi connectivity index (χ4n) is 2.56. The quantitative estimate of drug-likeness (QED) is 0.814. The van der Waals surface area contributed by atoms with Crippen molar-refractivity contribution in [1.29, 1.82) is 0 Å². The third kappa shape index (κ3) is 3.44. The van der Waals surface area contributed by atoms with Crippen molar-refractivity contribution in [2.45, 2.75) is 25.8 Å². The zero-order chi connectivity index (χ0) is 16.4. The highest BCUT2D eigenvalue weighted by molar-refractivity contribution is 7.86. The summed E-state index contributed by atoms with van der Waals surface area (Å²) in [5.74, 6) is 1.46. The van der Waals surface area contributed by atoms with E-state index in [-0.39, 0.29) is 6.54 Å². The second-order valence-corrected chi connectivity index (χ2v) is 7.85. The van der Waals surface area contributed by atoms with Crippen LogP contribution in [0.5, 0.6) is 0 Å². The molecule has 8 heteroatoms. The largest absolute Gasteiger partial charge is 0.445 e. The van der Waals surface area contributed by atoms with E-state index in [1.807, 2.05) is 18.3 Å². The Morgan fingerprint density at radius 2 is 2.17 bits per heavy atom. The van der Waals surface area contributed by atoms with Gasteiger partial charge in [-0.25, -0.2) is 4.98 Å². The van der Waals surface area contributed by atoms with Crippen LogP contribution in [-0.4, -0.2) is 47.6 Å². The molecular formula is C15H20N4O3S. The van der Waals surface area contributed by atoms with Crippen LogP contribution < -0.4 is 0 Å². The van der Waals surface area contributed by atoms with Gasteiger partial charge in [-0.05, 0) is 18.1 Å². The standard InChI is InChI=1S/C15H20N4O3S/c1-18(2)23(20,21)19-9-7-14-13(11-19)17-15(22-14)6-5-12-4-3-8-16-10-12/h3-4,8,10H,5-7,9,11H2,1-2H3. The van der Waals surface area contributed by atoms with Crippen LogP contribution in [0.4, 0.5) is 0 Å². The first kappa shape index (κ1) is 16.1. The van der Waals surface area contributed by atoms with Crippen molar-refractivity contribution in [3.63, 3.8) is 0 Å². The Labute approximate surface area is 136 Å². The fourth-order valence-corrected chi connectivity index (χ4v) is 3.63. The van der Waals surface area contributed by atoms with Gasteiger partial charge in [-0.1, -0.05) is 6.07 Å². The summed E-state index contributed by atoms with van der Waals surface area (Å²) >= 11 is 0. The van der Waals surface area contributed by atoms with Gasteiger partial charge in [0.05, 0.1) is 12.2 Å². The Morgan fingerprint density at radius 3 is 2.87 bits per heavy atom. The van der Waals surface area contributed by atoms with Crippen LogP contribution in [-0.2, 0) is 36.0 Å². The van der Waals surface area contributed by atoms with Gasteiger partial charge in [0.1, 0.15) is 5.76 Å². The number of aromatic nitrogens is 2. The van der Waals surface area contributed by atoms with Crippen molar-refractivity contribution in [3.8, 4) is 0 Å². The average molecular weight is 336 g/mol. The SMILES string of the molecule is CN(C)S(=O)(=O)N1CCc2oc(CCc3cccnc3)nc2C1. The van der Waals surface area contributed by atoms with E-state index in [0.29, 0.717) is 25.3 Å². The summed E-state index contributed by atoms with van der Waals surface area (Å²) in [5.41, 5.74) is 1.85. The molecular weight excluding hydrogens is 316 g/mol. The van der Waals surface area contributed by atoms with Crippen molar-refractivity contribution in [2.24, 2.45) is 0 Å². The molecule has 0 N–H and O–H groups in total. The first-order chi connectivity index (χ1) is 11.0. The first-order valence-electron chi connectivity index (χ1n) is 7.51. The lowest BCUT2D eigenvalue weighted by molar-refractivity contribution is 0.335. The van der Waals surface area contributed by atoms with Crippen molar-refractivity contribution < 1.29 is 12.8 Å². The molecule has 1 aliphatic rings. The second kappa shape index (κ2) is 6.38. The number of rotatable bonds is 5. The Kier molecular flexibility index (Phi) is 4.47. The van der Waals surface area contributed by atoms with Gasteiger partial charge in [-0.3, -0.25) is 4.98 Å². The molecule has 0 spiro atoms. The van der Waals surface area contributed by atoms with Crippen LogP contribution in [0.1, 0.15) is 22.9 Å². The van der Waals surface area contributed by atoms with Gasteiger partial charge in [0.2, 0.25) is 0 Å². The third-order valence-corrected chi connectivity index (χ3v) is 5.76. The molecule has 0 fully saturated rings. The van der Waals surface area contributed by atoms with E-state index in [2.05, 4.69) is 9.97 Å². The Hall–Kier alpha value is -1.77. The number of pyridine rings is 1. The van der Waals surface area contributed by atoms with Crippen LogP contribution in [0.25, 0.3) is 0 Å². The predicted molar refractivity (Wildman–Crippen MR) is 84.9 cm³/mol. The molecule has 2 aromatic heterocycles. The van der Waals surface area contributed by atoms with Crippen LogP contribution in [0.15, 0.2) is 28.9 Å². The van der Waals surface area contributed by atoms with Crippen molar-refractivity contribution in [2.75, 3.05) is 20.6 Å². The molecule has 0 aromatic carbocycles. The van der Waals surface area contributed by atoms with Gasteiger partial charge >= 0.3 is 0 Å². The van der Waals surface area contributed by atoms with Crippen LogP contribution >= 0.6 is 0 Å². The maximum atomic E-state index is 12.2. The smallest absolute Gasteiger partial charge is 0.281 e. The molecule has 2 aromatic rings. The Bertz CT molecular complexity index is 771. The van der Waals surface area contributed by atoms with E-state index in [9.17, 15) is 8.42 Å². The predicted octanol–water partition coefficient (Wildman–Crippen LogP) is 1.02. The molecule has 0 saturated carbocycles. The van der Waals surface area contributed by atoms with Crippen LogP contribution in [0.3, 0.4) is 0 Å². The molecule has 0 radical (unpaired) electrons. The molecule has 0 amide bonds. The number of hydrogen-bond acceptors (Lipinski definition) is 5. The molecule has 3 rings (SSSR count). The van der Waals surface area contributed by atoms with E-state index in [4.69, 9.17) is 4.42 Å². The lowest BCUT2D eigenvalue weighted by atomic mass is 10.1. The lowest BCUT2D eigenvalue weighted by Gasteiger charge is -2.27. The van der Waals surface area contributed by atoms with Gasteiger partial charge < -0.3 is 4.42 Å². The molecule has 0 unspecified atom stereocenters. The topological polar surface area (TPSA) is 79.5 Å². The van der Waals surface area contributed by atoms with E-state index in [0.717, 1.165) is 23.4 Å². The summed E-state index contributed by atoms with van der Waals surface area (Å²) in [7, 11) is -0.343. The van der Waals surface area contributed by atoms with E-state index >= 15 is 0 Å². The molecule has 0 atom stereocenters. The van der Waals surface area contributed by atoms with Crippen LogP contribution in [0.2, 0.25) is 0 Å². The monoisotopic (exact) mass is 336 g/mol. The van der Waals surface area contributed by atoms with Crippen molar-refractivity contribution in [3.05, 3.63) is 47.4 Å². The van der Waals surface area contributed by atoms with E-state index in [1.165, 1.54) is 22.7 Å². The molecule has 0 bridgehead atoms. The lowest BCUT2D eigenvalue weighted by Crippen LogP contribution is -2.42. The van der Waals surface area contributed by atoms with Gasteiger partial charge in [0.15, 0.2) is 5.89 Å². The Balaban J connectivity index is 1.69. The molecule has 7 nitrogen and oxygen atoms in total. The molecule has 1 aliphatic heterocycles. The minimum absolute atomic E-state index is 0.270. The zero-order valence-electron chi connectivity index (χ0n) is 13.3. The molecule has 124 valence electrons. The van der Waals surface area contributed by atoms with Gasteiger partial charge in [0.25, 0.3) is 10.2 Å². The number of oxazole rings is 1. The molecule has 0 aliphatic carbocycles. The van der Waals surface area contributed by atoms with Crippen LogP contribution in [0, 0.1) is 0 Å². The summed E-state index contributed by atoms with van der Waals surface area (Å²) in [6.45, 7) is 0.691. The van der Waals surface area contributed by atoms with Crippen molar-refractivity contribution in [1.82, 2.24) is 18.6 Å². The third-order valence-electron chi connectivity index (χ3n) is 3.87. The highest BCUT2D eigenvalue weighted by atomic mass is 32.2. The molecule has 3 heterocycles. The summed E-state index contributed by atoms with van der Waals surface area (Å²) in [6, 6.07) is 3.92. The van der Waals surface area contributed by atoms with E-state index < -0.39 is 10.2 Å². The number of fused-ring (bicyclic) bond motifs is 1. The first-order valence-corrected chi connectivity index (χ1v) is 8.90. The fraction of sp³-hybridized carbons (Fsp3) is 0.467. The van der Waals surface area contributed by atoms with Gasteiger partial charge in [-0.2, -0.15) is 17.0 Å².